The van der Waals surface area contributed by atoms with Crippen LogP contribution in [-0.2, 0) is 24.2 Å². The molecule has 2 aliphatic rings. The zero-order chi connectivity index (χ0) is 27.7. The minimum absolute atomic E-state index is 0.0853. The smallest absolute Gasteiger partial charge is 0.306 e. The first-order valence-corrected chi connectivity index (χ1v) is 14.1. The summed E-state index contributed by atoms with van der Waals surface area (Å²) in [4.78, 5) is 18.0. The van der Waals surface area contributed by atoms with E-state index in [1.54, 1.807) is 6.92 Å². The number of piperidine rings is 1. The number of nitrogens with zero attached hydrogens (tertiary/aromatic N) is 2. The number of carboxylic acids is 1. The molecule has 39 heavy (non-hydrogen) atoms. The van der Waals surface area contributed by atoms with E-state index in [2.05, 4.69) is 41.9 Å². The highest BCUT2D eigenvalue weighted by molar-refractivity contribution is 5.70. The van der Waals surface area contributed by atoms with Gasteiger partial charge in [-0.3, -0.25) is 14.7 Å². The van der Waals surface area contributed by atoms with E-state index < -0.39 is 11.9 Å². The second kappa shape index (κ2) is 11.1. The number of hydrogen-bond donors (Lipinski definition) is 1. The Morgan fingerprint density at radius 2 is 2.00 bits per heavy atom. The summed E-state index contributed by atoms with van der Waals surface area (Å²) >= 11 is 0. The summed E-state index contributed by atoms with van der Waals surface area (Å²) in [6.45, 7) is 10.00. The Morgan fingerprint density at radius 3 is 2.77 bits per heavy atom. The van der Waals surface area contributed by atoms with Crippen molar-refractivity contribution in [1.82, 2.24) is 9.88 Å². The molecule has 2 aromatic carbocycles. The van der Waals surface area contributed by atoms with Gasteiger partial charge in [-0.2, -0.15) is 0 Å². The van der Waals surface area contributed by atoms with Gasteiger partial charge in [-0.05, 0) is 99.4 Å². The Labute approximate surface area is 231 Å². The van der Waals surface area contributed by atoms with Crippen LogP contribution < -0.4 is 4.74 Å². The van der Waals surface area contributed by atoms with Crippen molar-refractivity contribution in [3.05, 3.63) is 82.4 Å². The van der Waals surface area contributed by atoms with Crippen molar-refractivity contribution in [3.8, 4) is 16.9 Å². The molecule has 1 N–H and O–H groups in total. The maximum Gasteiger partial charge on any atom is 0.306 e. The number of rotatable bonds is 7. The van der Waals surface area contributed by atoms with Gasteiger partial charge in [0.25, 0.3) is 0 Å². The lowest BCUT2D eigenvalue weighted by Gasteiger charge is -2.43. The number of carbonyl (C=O) groups is 1. The van der Waals surface area contributed by atoms with Gasteiger partial charge in [0.2, 0.25) is 0 Å². The molecule has 0 radical (unpaired) electrons. The third kappa shape index (κ3) is 6.01. The van der Waals surface area contributed by atoms with Gasteiger partial charge in [-0.15, -0.1) is 0 Å². The SMILES string of the molecule is Cc1cc(-c2ccc(C3CCc4ccc(CC(C)C(=O)O)cc4O3)cc2CN2CCCCC2(C)C)c(F)cn1. The number of halogens is 1. The van der Waals surface area contributed by atoms with E-state index in [1.807, 2.05) is 31.2 Å². The van der Waals surface area contributed by atoms with Gasteiger partial charge >= 0.3 is 5.97 Å². The van der Waals surface area contributed by atoms with Crippen molar-refractivity contribution >= 4 is 5.97 Å². The summed E-state index contributed by atoms with van der Waals surface area (Å²) in [5.41, 5.74) is 6.68. The molecule has 0 aliphatic carbocycles. The van der Waals surface area contributed by atoms with E-state index in [4.69, 9.17) is 4.74 Å². The van der Waals surface area contributed by atoms with E-state index in [0.29, 0.717) is 12.0 Å². The van der Waals surface area contributed by atoms with Crippen LogP contribution in [0.1, 0.15) is 80.5 Å². The fraction of sp³-hybridized carbons (Fsp3) is 0.455. The summed E-state index contributed by atoms with van der Waals surface area (Å²) in [6.07, 6.45) is 6.98. The molecule has 2 aliphatic heterocycles. The van der Waals surface area contributed by atoms with Gasteiger partial charge in [0.15, 0.2) is 0 Å². The van der Waals surface area contributed by atoms with Crippen LogP contribution in [0.15, 0.2) is 48.7 Å². The van der Waals surface area contributed by atoms with Crippen LogP contribution in [0, 0.1) is 18.7 Å². The molecule has 2 atom stereocenters. The number of aryl methyl sites for hydroxylation is 2. The molecule has 0 amide bonds. The predicted octanol–water partition coefficient (Wildman–Crippen LogP) is 7.29. The number of aliphatic carboxylic acids is 1. The molecule has 0 bridgehead atoms. The second-order valence-corrected chi connectivity index (χ2v) is 11.9. The van der Waals surface area contributed by atoms with Crippen molar-refractivity contribution in [2.45, 2.75) is 84.4 Å². The normalized spacial score (nSPS) is 19.7. The Kier molecular flexibility index (Phi) is 7.77. The summed E-state index contributed by atoms with van der Waals surface area (Å²) in [5.74, 6) is -0.718. The molecule has 1 saturated heterocycles. The van der Waals surface area contributed by atoms with Gasteiger partial charge < -0.3 is 9.84 Å². The molecule has 206 valence electrons. The summed E-state index contributed by atoms with van der Waals surface area (Å²) < 4.78 is 21.6. The number of pyridine rings is 1. The Hall–Kier alpha value is -3.25. The first kappa shape index (κ1) is 27.3. The lowest BCUT2D eigenvalue weighted by molar-refractivity contribution is -0.141. The molecule has 6 heteroatoms. The molecule has 2 unspecified atom stereocenters. The summed E-state index contributed by atoms with van der Waals surface area (Å²) in [5, 5.41) is 9.32. The van der Waals surface area contributed by atoms with Gasteiger partial charge in [0, 0.05) is 23.3 Å². The topological polar surface area (TPSA) is 62.7 Å². The monoisotopic (exact) mass is 530 g/mol. The fourth-order valence-electron chi connectivity index (χ4n) is 5.99. The second-order valence-electron chi connectivity index (χ2n) is 11.9. The van der Waals surface area contributed by atoms with Crippen molar-refractivity contribution < 1.29 is 19.0 Å². The fourth-order valence-corrected chi connectivity index (χ4v) is 5.99. The van der Waals surface area contributed by atoms with Crippen LogP contribution in [-0.4, -0.2) is 33.0 Å². The molecule has 5 rings (SSSR count). The predicted molar refractivity (Wildman–Crippen MR) is 151 cm³/mol. The van der Waals surface area contributed by atoms with Crippen LogP contribution >= 0.6 is 0 Å². The third-order valence-corrected chi connectivity index (χ3v) is 8.51. The minimum Gasteiger partial charge on any atom is -0.485 e. The van der Waals surface area contributed by atoms with Gasteiger partial charge in [-0.1, -0.05) is 43.7 Å². The van der Waals surface area contributed by atoms with Gasteiger partial charge in [0.05, 0.1) is 12.1 Å². The van der Waals surface area contributed by atoms with E-state index >= 15 is 4.39 Å². The van der Waals surface area contributed by atoms with E-state index in [9.17, 15) is 9.90 Å². The van der Waals surface area contributed by atoms with Crippen molar-refractivity contribution in [3.63, 3.8) is 0 Å². The van der Waals surface area contributed by atoms with Crippen LogP contribution in [0.25, 0.3) is 11.1 Å². The number of fused-ring (bicyclic) bond motifs is 1. The summed E-state index contributed by atoms with van der Waals surface area (Å²) in [6, 6.07) is 14.2. The van der Waals surface area contributed by atoms with Crippen LogP contribution in [0.5, 0.6) is 5.75 Å². The van der Waals surface area contributed by atoms with Crippen LogP contribution in [0.4, 0.5) is 4.39 Å². The van der Waals surface area contributed by atoms with Crippen molar-refractivity contribution in [2.75, 3.05) is 6.54 Å². The average Bonchev–Trinajstić information content (AvgIpc) is 2.91. The number of likely N-dealkylation sites (tertiary alicyclic amines) is 1. The van der Waals surface area contributed by atoms with Crippen LogP contribution in [0.2, 0.25) is 0 Å². The van der Waals surface area contributed by atoms with Gasteiger partial charge in [0.1, 0.15) is 17.7 Å². The molecule has 0 saturated carbocycles. The largest absolute Gasteiger partial charge is 0.485 e. The molecule has 1 fully saturated rings. The number of hydrogen-bond acceptors (Lipinski definition) is 4. The lowest BCUT2D eigenvalue weighted by Crippen LogP contribution is -2.46. The standard InChI is InChI=1S/C33H39FN2O3/c1-21(32(37)38)15-23-7-8-24-10-12-30(39-31(24)17-23)25-9-11-27(28-16-22(2)35-19-29(28)34)26(18-25)20-36-14-6-5-13-33(36,3)4/h7-9,11,16-19,21,30H,5-6,10,12-15,20H2,1-4H3,(H,37,38). The van der Waals surface area contributed by atoms with Gasteiger partial charge in [-0.25, -0.2) is 4.39 Å². The van der Waals surface area contributed by atoms with E-state index in [1.165, 1.54) is 19.0 Å². The Balaban J connectivity index is 1.47. The number of aromatic nitrogens is 1. The Morgan fingerprint density at radius 1 is 1.18 bits per heavy atom. The lowest BCUT2D eigenvalue weighted by atomic mass is 9.88. The molecule has 0 spiro atoms. The molecule has 5 nitrogen and oxygen atoms in total. The van der Waals surface area contributed by atoms with E-state index in [0.717, 1.165) is 71.6 Å². The first-order chi connectivity index (χ1) is 18.6. The highest BCUT2D eigenvalue weighted by Crippen LogP contribution is 2.39. The Bertz CT molecular complexity index is 1370. The average molecular weight is 531 g/mol. The molecule has 3 heterocycles. The quantitative estimate of drug-likeness (QED) is 0.348. The zero-order valence-corrected chi connectivity index (χ0v) is 23.5. The zero-order valence-electron chi connectivity index (χ0n) is 23.5. The maximum absolute atomic E-state index is 15.0. The maximum atomic E-state index is 15.0. The highest BCUT2D eigenvalue weighted by Gasteiger charge is 2.31. The number of benzene rings is 2. The third-order valence-electron chi connectivity index (χ3n) is 8.51. The first-order valence-electron chi connectivity index (χ1n) is 14.1. The van der Waals surface area contributed by atoms with Crippen molar-refractivity contribution in [1.29, 1.82) is 0 Å². The highest BCUT2D eigenvalue weighted by atomic mass is 19.1. The van der Waals surface area contributed by atoms with E-state index in [-0.39, 0.29) is 17.5 Å². The number of ether oxygens (including phenoxy) is 1. The molecule has 1 aromatic heterocycles. The number of carboxylic acid groups (broad SMARTS) is 1. The van der Waals surface area contributed by atoms with Crippen LogP contribution in [0.3, 0.4) is 0 Å². The van der Waals surface area contributed by atoms with Crippen molar-refractivity contribution in [2.24, 2.45) is 5.92 Å². The molecule has 3 aromatic rings. The molecular formula is C33H39FN2O3. The molecular weight excluding hydrogens is 491 g/mol. The minimum atomic E-state index is -0.795. The summed E-state index contributed by atoms with van der Waals surface area (Å²) in [7, 11) is 0.